The van der Waals surface area contributed by atoms with Crippen LogP contribution >= 0.6 is 0 Å². The third-order valence-electron chi connectivity index (χ3n) is 6.11. The van der Waals surface area contributed by atoms with Gasteiger partial charge in [0.2, 0.25) is 0 Å². The predicted molar refractivity (Wildman–Crippen MR) is 119 cm³/mol. The van der Waals surface area contributed by atoms with E-state index in [1.807, 2.05) is 29.8 Å². The molecular weight excluding hydrogens is 394 g/mol. The van der Waals surface area contributed by atoms with Crippen molar-refractivity contribution in [2.75, 3.05) is 26.0 Å². The third-order valence-corrected chi connectivity index (χ3v) is 6.11. The van der Waals surface area contributed by atoms with Crippen molar-refractivity contribution < 1.29 is 9.53 Å². The van der Waals surface area contributed by atoms with Crippen molar-refractivity contribution in [2.24, 2.45) is 5.92 Å². The maximum atomic E-state index is 12.0. The standard InChI is InChI=1S/C22H25N7O2/c1-12-15-4-3-14(22(30)24-2)9-16(15)27-18(12)19-17-20(23)25-11-26-21(17)29(28-19)10-13-5-7-31-8-6-13/h3-4,9,11,13,27H,5-8,10H2,1-2H3,(H,24,30)(H2,23,25,26). The smallest absolute Gasteiger partial charge is 0.251 e. The van der Waals surface area contributed by atoms with Gasteiger partial charge in [0.1, 0.15) is 17.8 Å². The number of nitrogens with one attached hydrogen (secondary N) is 2. The number of anilines is 1. The summed E-state index contributed by atoms with van der Waals surface area (Å²) in [4.78, 5) is 24.2. The number of nitrogen functional groups attached to an aromatic ring is 1. The summed E-state index contributed by atoms with van der Waals surface area (Å²) >= 11 is 0. The van der Waals surface area contributed by atoms with Gasteiger partial charge in [-0.1, -0.05) is 6.07 Å². The first-order valence-electron chi connectivity index (χ1n) is 10.5. The summed E-state index contributed by atoms with van der Waals surface area (Å²) in [7, 11) is 1.62. The van der Waals surface area contributed by atoms with Crippen LogP contribution in [0.3, 0.4) is 0 Å². The number of aromatic nitrogens is 5. The number of H-pyrrole nitrogens is 1. The molecule has 31 heavy (non-hydrogen) atoms. The minimum Gasteiger partial charge on any atom is -0.383 e. The zero-order valence-corrected chi connectivity index (χ0v) is 17.6. The molecule has 1 fully saturated rings. The summed E-state index contributed by atoms with van der Waals surface area (Å²) in [5, 5.41) is 9.37. The lowest BCUT2D eigenvalue weighted by molar-refractivity contribution is 0.0605. The quantitative estimate of drug-likeness (QED) is 0.467. The zero-order chi connectivity index (χ0) is 21.5. The summed E-state index contributed by atoms with van der Waals surface area (Å²) in [5.74, 6) is 0.765. The Labute approximate surface area is 179 Å². The van der Waals surface area contributed by atoms with E-state index in [2.05, 4.69) is 20.3 Å². The van der Waals surface area contributed by atoms with E-state index in [4.69, 9.17) is 15.6 Å². The summed E-state index contributed by atoms with van der Waals surface area (Å²) in [5.41, 5.74) is 11.1. The van der Waals surface area contributed by atoms with Gasteiger partial charge in [-0.05, 0) is 43.4 Å². The lowest BCUT2D eigenvalue weighted by Crippen LogP contribution is -2.21. The van der Waals surface area contributed by atoms with E-state index in [1.54, 1.807) is 7.05 Å². The van der Waals surface area contributed by atoms with Crippen LogP contribution in [0.5, 0.6) is 0 Å². The maximum Gasteiger partial charge on any atom is 0.251 e. The van der Waals surface area contributed by atoms with Gasteiger partial charge < -0.3 is 20.8 Å². The van der Waals surface area contributed by atoms with Gasteiger partial charge in [-0.15, -0.1) is 0 Å². The Morgan fingerprint density at radius 2 is 2.13 bits per heavy atom. The number of nitrogens with two attached hydrogens (primary N) is 1. The second-order valence-corrected chi connectivity index (χ2v) is 8.01. The van der Waals surface area contributed by atoms with E-state index in [1.165, 1.54) is 6.33 Å². The molecule has 0 saturated carbocycles. The molecule has 0 unspecified atom stereocenters. The molecule has 9 heteroatoms. The van der Waals surface area contributed by atoms with Crippen LogP contribution in [-0.2, 0) is 11.3 Å². The highest BCUT2D eigenvalue weighted by Gasteiger charge is 2.23. The highest BCUT2D eigenvalue weighted by atomic mass is 16.5. The first-order valence-corrected chi connectivity index (χ1v) is 10.5. The predicted octanol–water partition coefficient (Wildman–Crippen LogP) is 2.65. The number of hydrogen-bond donors (Lipinski definition) is 3. The lowest BCUT2D eigenvalue weighted by Gasteiger charge is -2.21. The molecule has 4 heterocycles. The molecule has 5 rings (SSSR count). The van der Waals surface area contributed by atoms with Crippen LogP contribution < -0.4 is 11.1 Å². The van der Waals surface area contributed by atoms with E-state index in [9.17, 15) is 4.79 Å². The molecule has 3 aromatic heterocycles. The minimum absolute atomic E-state index is 0.125. The summed E-state index contributed by atoms with van der Waals surface area (Å²) in [6.45, 7) is 4.36. The topological polar surface area (TPSA) is 124 Å². The largest absolute Gasteiger partial charge is 0.383 e. The summed E-state index contributed by atoms with van der Waals surface area (Å²) < 4.78 is 7.44. The lowest BCUT2D eigenvalue weighted by atomic mass is 10.0. The van der Waals surface area contributed by atoms with E-state index in [0.29, 0.717) is 17.3 Å². The van der Waals surface area contributed by atoms with Crippen molar-refractivity contribution in [1.29, 1.82) is 0 Å². The summed E-state index contributed by atoms with van der Waals surface area (Å²) in [6, 6.07) is 5.63. The van der Waals surface area contributed by atoms with E-state index >= 15 is 0 Å². The molecule has 0 spiro atoms. The number of ether oxygens (including phenoxy) is 1. The number of benzene rings is 1. The number of carbonyl (C=O) groups is 1. The van der Waals surface area contributed by atoms with Gasteiger partial charge in [0.15, 0.2) is 5.65 Å². The van der Waals surface area contributed by atoms with Crippen LogP contribution in [0.25, 0.3) is 33.3 Å². The Kier molecular flexibility index (Phi) is 4.82. The molecule has 4 N–H and O–H groups in total. The fourth-order valence-electron chi connectivity index (χ4n) is 4.37. The number of nitrogens with zero attached hydrogens (tertiary/aromatic N) is 4. The molecule has 9 nitrogen and oxygen atoms in total. The highest BCUT2D eigenvalue weighted by Crippen LogP contribution is 2.35. The number of carbonyl (C=O) groups excluding carboxylic acids is 1. The molecule has 1 amide bonds. The second kappa shape index (κ2) is 7.66. The molecule has 1 aromatic carbocycles. The zero-order valence-electron chi connectivity index (χ0n) is 17.6. The normalized spacial score (nSPS) is 15.0. The van der Waals surface area contributed by atoms with Crippen molar-refractivity contribution >= 4 is 33.7 Å². The molecule has 160 valence electrons. The first-order chi connectivity index (χ1) is 15.1. The number of aryl methyl sites for hydroxylation is 1. The van der Waals surface area contributed by atoms with Gasteiger partial charge >= 0.3 is 0 Å². The highest BCUT2D eigenvalue weighted by molar-refractivity contribution is 6.03. The molecule has 1 aliphatic rings. The van der Waals surface area contributed by atoms with Gasteiger partial charge in [0, 0.05) is 43.3 Å². The first kappa shape index (κ1) is 19.5. The number of hydrogen-bond acceptors (Lipinski definition) is 6. The van der Waals surface area contributed by atoms with Crippen molar-refractivity contribution in [2.45, 2.75) is 26.3 Å². The molecule has 0 atom stereocenters. The van der Waals surface area contributed by atoms with E-state index in [0.717, 1.165) is 71.5 Å². The SMILES string of the molecule is CNC(=O)c1ccc2c(C)c(-c3nn(CC4CCOCC4)c4ncnc(N)c34)[nH]c2c1. The van der Waals surface area contributed by atoms with Gasteiger partial charge in [-0.2, -0.15) is 5.10 Å². The minimum atomic E-state index is -0.125. The Balaban J connectivity index is 1.65. The van der Waals surface area contributed by atoms with Crippen LogP contribution in [-0.4, -0.2) is 50.9 Å². The Bertz CT molecular complexity index is 1280. The molecule has 1 aliphatic heterocycles. The van der Waals surface area contributed by atoms with Crippen LogP contribution in [0.15, 0.2) is 24.5 Å². The molecule has 1 saturated heterocycles. The van der Waals surface area contributed by atoms with Crippen molar-refractivity contribution in [3.63, 3.8) is 0 Å². The van der Waals surface area contributed by atoms with Crippen molar-refractivity contribution in [3.8, 4) is 11.4 Å². The van der Waals surface area contributed by atoms with Crippen LogP contribution in [0.1, 0.15) is 28.8 Å². The molecule has 0 aliphatic carbocycles. The van der Waals surface area contributed by atoms with E-state index in [-0.39, 0.29) is 5.91 Å². The monoisotopic (exact) mass is 419 g/mol. The molecule has 4 aromatic rings. The second-order valence-electron chi connectivity index (χ2n) is 8.01. The van der Waals surface area contributed by atoms with Crippen LogP contribution in [0.4, 0.5) is 5.82 Å². The van der Waals surface area contributed by atoms with Gasteiger partial charge in [0.25, 0.3) is 5.91 Å². The third kappa shape index (κ3) is 3.31. The number of fused-ring (bicyclic) bond motifs is 2. The number of aromatic amines is 1. The Hall–Kier alpha value is -3.46. The molecular formula is C22H25N7O2. The van der Waals surface area contributed by atoms with E-state index < -0.39 is 0 Å². The number of rotatable bonds is 4. The van der Waals surface area contributed by atoms with Crippen molar-refractivity contribution in [1.82, 2.24) is 30.0 Å². The van der Waals surface area contributed by atoms with Crippen LogP contribution in [0, 0.1) is 12.8 Å². The van der Waals surface area contributed by atoms with Gasteiger partial charge in [0.05, 0.1) is 11.1 Å². The number of amides is 1. The Morgan fingerprint density at radius 1 is 1.32 bits per heavy atom. The van der Waals surface area contributed by atoms with Crippen molar-refractivity contribution in [3.05, 3.63) is 35.7 Å². The van der Waals surface area contributed by atoms with Crippen LogP contribution in [0.2, 0.25) is 0 Å². The Morgan fingerprint density at radius 3 is 2.90 bits per heavy atom. The average Bonchev–Trinajstić information content (AvgIpc) is 3.32. The average molecular weight is 419 g/mol. The van der Waals surface area contributed by atoms with Gasteiger partial charge in [-0.3, -0.25) is 4.79 Å². The summed E-state index contributed by atoms with van der Waals surface area (Å²) in [6.07, 6.45) is 3.49. The fraction of sp³-hybridized carbons (Fsp3) is 0.364. The maximum absolute atomic E-state index is 12.0. The molecule has 0 bridgehead atoms. The fourth-order valence-corrected chi connectivity index (χ4v) is 4.37. The van der Waals surface area contributed by atoms with Gasteiger partial charge in [-0.25, -0.2) is 14.6 Å². The molecule has 0 radical (unpaired) electrons.